The van der Waals surface area contributed by atoms with Gasteiger partial charge < -0.3 is 10.4 Å². The summed E-state index contributed by atoms with van der Waals surface area (Å²) < 4.78 is 0. The highest BCUT2D eigenvalue weighted by atomic mass is 16.3. The number of hydrogen-bond acceptors (Lipinski definition) is 2. The largest absolute Gasteiger partial charge is 0.378 e. The van der Waals surface area contributed by atoms with Crippen molar-refractivity contribution in [3.05, 3.63) is 0 Å². The molecule has 2 heteroatoms. The van der Waals surface area contributed by atoms with Gasteiger partial charge in [-0.15, -0.1) is 6.42 Å². The first-order valence-corrected chi connectivity index (χ1v) is 4.64. The first-order chi connectivity index (χ1) is 5.70. The van der Waals surface area contributed by atoms with Crippen LogP contribution >= 0.6 is 0 Å². The molecule has 0 bridgehead atoms. The number of nitrogens with one attached hydrogen (secondary N) is 1. The Bertz CT molecular complexity index is 175. The molecule has 0 radical (unpaired) electrons. The van der Waals surface area contributed by atoms with Gasteiger partial charge in [0.2, 0.25) is 0 Å². The van der Waals surface area contributed by atoms with Gasteiger partial charge in [-0.1, -0.05) is 12.8 Å². The predicted octanol–water partition coefficient (Wildman–Crippen LogP) is 0.903. The fourth-order valence-corrected chi connectivity index (χ4v) is 1.73. The summed E-state index contributed by atoms with van der Waals surface area (Å²) >= 11 is 0. The van der Waals surface area contributed by atoms with Gasteiger partial charge in [0.15, 0.2) is 0 Å². The van der Waals surface area contributed by atoms with Crippen molar-refractivity contribution in [3.8, 4) is 12.3 Å². The van der Waals surface area contributed by atoms with Crippen LogP contribution in [0.3, 0.4) is 0 Å². The summed E-state index contributed by atoms with van der Waals surface area (Å²) in [7, 11) is 0. The Morgan fingerprint density at radius 3 is 2.58 bits per heavy atom. The molecule has 0 aromatic heterocycles. The molecule has 12 heavy (non-hydrogen) atoms. The van der Waals surface area contributed by atoms with Crippen LogP contribution in [0.4, 0.5) is 0 Å². The summed E-state index contributed by atoms with van der Waals surface area (Å²) in [4.78, 5) is 0. The fraction of sp³-hybridized carbons (Fsp3) is 0.800. The Hall–Kier alpha value is -0.520. The van der Waals surface area contributed by atoms with Crippen LogP contribution in [0.2, 0.25) is 0 Å². The van der Waals surface area contributed by atoms with E-state index in [9.17, 15) is 5.11 Å². The molecule has 0 unspecified atom stereocenters. The van der Waals surface area contributed by atoms with Crippen molar-refractivity contribution in [2.75, 3.05) is 6.54 Å². The van der Waals surface area contributed by atoms with Crippen molar-refractivity contribution in [2.24, 2.45) is 0 Å². The highest BCUT2D eigenvalue weighted by molar-refractivity contribution is 5.09. The minimum atomic E-state index is -0.814. The zero-order valence-corrected chi connectivity index (χ0v) is 7.64. The van der Waals surface area contributed by atoms with Crippen LogP contribution in [0, 0.1) is 12.3 Å². The van der Waals surface area contributed by atoms with E-state index in [1.807, 2.05) is 0 Å². The summed E-state index contributed by atoms with van der Waals surface area (Å²) in [5, 5.41) is 13.1. The van der Waals surface area contributed by atoms with E-state index in [0.29, 0.717) is 6.04 Å². The molecular formula is C10H17NO. The summed E-state index contributed by atoms with van der Waals surface area (Å²) in [5.41, 5.74) is -0.814. The molecule has 0 heterocycles. The van der Waals surface area contributed by atoms with E-state index in [-0.39, 0.29) is 0 Å². The van der Waals surface area contributed by atoms with Gasteiger partial charge >= 0.3 is 0 Å². The first kappa shape index (κ1) is 9.57. The lowest BCUT2D eigenvalue weighted by Crippen LogP contribution is -2.40. The van der Waals surface area contributed by atoms with Crippen LogP contribution in [-0.4, -0.2) is 23.3 Å². The lowest BCUT2D eigenvalue weighted by atomic mass is 9.83. The van der Waals surface area contributed by atoms with Gasteiger partial charge in [-0.3, -0.25) is 0 Å². The highest BCUT2D eigenvalue weighted by Gasteiger charge is 2.30. The average molecular weight is 167 g/mol. The van der Waals surface area contributed by atoms with E-state index in [1.54, 1.807) is 0 Å². The maximum Gasteiger partial charge on any atom is 0.125 e. The Morgan fingerprint density at radius 2 is 2.17 bits per heavy atom. The van der Waals surface area contributed by atoms with Gasteiger partial charge in [0.05, 0.1) is 0 Å². The zero-order valence-electron chi connectivity index (χ0n) is 7.64. The summed E-state index contributed by atoms with van der Waals surface area (Å²) in [6.45, 7) is 3.10. The van der Waals surface area contributed by atoms with Gasteiger partial charge in [-0.25, -0.2) is 0 Å². The van der Waals surface area contributed by atoms with Crippen LogP contribution in [0.15, 0.2) is 0 Å². The number of rotatable bonds is 2. The lowest BCUT2D eigenvalue weighted by molar-refractivity contribution is 0.0514. The van der Waals surface area contributed by atoms with Crippen molar-refractivity contribution < 1.29 is 5.11 Å². The number of aliphatic hydroxyl groups is 1. The minimum Gasteiger partial charge on any atom is -0.378 e. The molecule has 1 aliphatic carbocycles. The van der Waals surface area contributed by atoms with Crippen LogP contribution < -0.4 is 5.32 Å². The van der Waals surface area contributed by atoms with Crippen LogP contribution in [0.5, 0.6) is 0 Å². The van der Waals surface area contributed by atoms with Crippen molar-refractivity contribution in [2.45, 2.75) is 44.2 Å². The summed E-state index contributed by atoms with van der Waals surface area (Å²) in [5.74, 6) is 2.47. The molecule has 0 atom stereocenters. The fourth-order valence-electron chi connectivity index (χ4n) is 1.73. The number of terminal acetylenes is 1. The minimum absolute atomic E-state index is 0.559. The standard InChI is InChI=1S/C10H17NO/c1-3-10(12)7-5-9(6-8-10)11-4-2/h1,9,11-12H,4-8H2,2H3. The predicted molar refractivity (Wildman–Crippen MR) is 49.7 cm³/mol. The second-order valence-electron chi connectivity index (χ2n) is 3.51. The van der Waals surface area contributed by atoms with Crippen molar-refractivity contribution in [3.63, 3.8) is 0 Å². The Balaban J connectivity index is 2.35. The highest BCUT2D eigenvalue weighted by Crippen LogP contribution is 2.27. The molecule has 0 spiro atoms. The number of hydrogen-bond donors (Lipinski definition) is 2. The van der Waals surface area contributed by atoms with Crippen molar-refractivity contribution >= 4 is 0 Å². The molecule has 68 valence electrons. The molecule has 1 fully saturated rings. The molecule has 2 nitrogen and oxygen atoms in total. The molecule has 0 aliphatic heterocycles. The second-order valence-corrected chi connectivity index (χ2v) is 3.51. The molecule has 1 aliphatic rings. The molecular weight excluding hydrogens is 150 g/mol. The molecule has 0 amide bonds. The molecule has 2 N–H and O–H groups in total. The van der Waals surface area contributed by atoms with E-state index in [2.05, 4.69) is 18.2 Å². The Labute approximate surface area is 74.4 Å². The van der Waals surface area contributed by atoms with Gasteiger partial charge in [-0.2, -0.15) is 0 Å². The molecule has 0 aromatic carbocycles. The zero-order chi connectivity index (χ0) is 9.03. The average Bonchev–Trinajstić information content (AvgIpc) is 2.10. The second kappa shape index (κ2) is 3.93. The lowest BCUT2D eigenvalue weighted by Gasteiger charge is -2.32. The third-order valence-corrected chi connectivity index (χ3v) is 2.57. The third-order valence-electron chi connectivity index (χ3n) is 2.57. The Morgan fingerprint density at radius 1 is 1.58 bits per heavy atom. The van der Waals surface area contributed by atoms with Crippen molar-refractivity contribution in [1.82, 2.24) is 5.32 Å². The maximum absolute atomic E-state index is 9.70. The van der Waals surface area contributed by atoms with Crippen LogP contribution in [0.1, 0.15) is 32.6 Å². The summed E-state index contributed by atoms with van der Waals surface area (Å²) in [6.07, 6.45) is 8.70. The van der Waals surface area contributed by atoms with E-state index >= 15 is 0 Å². The van der Waals surface area contributed by atoms with Gasteiger partial charge in [-0.05, 0) is 32.2 Å². The molecule has 1 rings (SSSR count). The quantitative estimate of drug-likeness (QED) is 0.599. The normalized spacial score (nSPS) is 35.9. The van der Waals surface area contributed by atoms with Gasteiger partial charge in [0.25, 0.3) is 0 Å². The smallest absolute Gasteiger partial charge is 0.125 e. The van der Waals surface area contributed by atoms with Gasteiger partial charge in [0, 0.05) is 6.04 Å². The SMILES string of the molecule is C#CC1(O)CCC(NCC)CC1. The Kier molecular flexibility index (Phi) is 3.13. The monoisotopic (exact) mass is 167 g/mol. The van der Waals surface area contributed by atoms with E-state index in [1.165, 1.54) is 0 Å². The van der Waals surface area contributed by atoms with E-state index in [4.69, 9.17) is 6.42 Å². The van der Waals surface area contributed by atoms with Crippen molar-refractivity contribution in [1.29, 1.82) is 0 Å². The topological polar surface area (TPSA) is 32.3 Å². The molecule has 0 aromatic rings. The van der Waals surface area contributed by atoms with Crippen LogP contribution in [0.25, 0.3) is 0 Å². The maximum atomic E-state index is 9.70. The van der Waals surface area contributed by atoms with Gasteiger partial charge in [0.1, 0.15) is 5.60 Å². The summed E-state index contributed by atoms with van der Waals surface area (Å²) in [6, 6.07) is 0.559. The van der Waals surface area contributed by atoms with Crippen LogP contribution in [-0.2, 0) is 0 Å². The first-order valence-electron chi connectivity index (χ1n) is 4.64. The molecule has 1 saturated carbocycles. The van der Waals surface area contributed by atoms with E-state index in [0.717, 1.165) is 32.2 Å². The third kappa shape index (κ3) is 2.23. The van der Waals surface area contributed by atoms with E-state index < -0.39 is 5.60 Å². The molecule has 0 saturated heterocycles.